The molecule has 12 heteroatoms. The van der Waals surface area contributed by atoms with Crippen LogP contribution >= 0.6 is 0 Å². The van der Waals surface area contributed by atoms with E-state index in [1.807, 2.05) is 0 Å². The molecule has 0 amide bonds. The molecule has 0 aliphatic carbocycles. The van der Waals surface area contributed by atoms with Gasteiger partial charge in [0.25, 0.3) is 0 Å². The van der Waals surface area contributed by atoms with Gasteiger partial charge in [-0.15, -0.1) is 0 Å². The minimum atomic E-state index is -1.03. The SMILES string of the molecule is O=c1c2c([N+](=O)[O-])cnn2c(=O)c2c([N+](=O)[O-])cnn12. The van der Waals surface area contributed by atoms with Crippen molar-refractivity contribution in [2.24, 2.45) is 0 Å². The number of rotatable bonds is 2. The molecule has 3 heterocycles. The second kappa shape index (κ2) is 3.53. The van der Waals surface area contributed by atoms with Gasteiger partial charge in [0.2, 0.25) is 11.0 Å². The fraction of sp³-hybridized carbons (Fsp3) is 0. The van der Waals surface area contributed by atoms with Gasteiger partial charge in [-0.1, -0.05) is 0 Å². The Labute approximate surface area is 106 Å². The first-order valence-electron chi connectivity index (χ1n) is 4.97. The summed E-state index contributed by atoms with van der Waals surface area (Å²) in [5.41, 5.74) is -4.59. The highest BCUT2D eigenvalue weighted by atomic mass is 16.6. The van der Waals surface area contributed by atoms with E-state index in [4.69, 9.17) is 0 Å². The summed E-state index contributed by atoms with van der Waals surface area (Å²) in [4.78, 5) is 43.8. The van der Waals surface area contributed by atoms with Crippen LogP contribution in [0.3, 0.4) is 0 Å². The first-order valence-corrected chi connectivity index (χ1v) is 4.97. The standard InChI is InChI=1S/C8H2N6O6/c15-7-5-3(13(17)18)1-9-11(5)8(16)6-4(14(19)20)2-10-12(6)7/h1-2H. The van der Waals surface area contributed by atoms with E-state index in [-0.39, 0.29) is 0 Å². The molecule has 3 aromatic rings. The number of nitrogens with zero attached hydrogens (tertiary/aromatic N) is 6. The van der Waals surface area contributed by atoms with Crippen LogP contribution in [0.4, 0.5) is 11.4 Å². The minimum absolute atomic E-state index is 0.463. The lowest BCUT2D eigenvalue weighted by Gasteiger charge is -1.93. The van der Waals surface area contributed by atoms with Crippen LogP contribution in [0.5, 0.6) is 0 Å². The summed E-state index contributed by atoms with van der Waals surface area (Å²) in [6, 6.07) is 0. The molecule has 20 heavy (non-hydrogen) atoms. The molecule has 0 aliphatic rings. The van der Waals surface area contributed by atoms with Gasteiger partial charge in [0.05, 0.1) is 9.85 Å². The topological polar surface area (TPSA) is 155 Å². The summed E-state index contributed by atoms with van der Waals surface area (Å²) in [6.07, 6.45) is 1.45. The van der Waals surface area contributed by atoms with Crippen LogP contribution in [0.2, 0.25) is 0 Å². The van der Waals surface area contributed by atoms with E-state index < -0.39 is 43.4 Å². The van der Waals surface area contributed by atoms with E-state index in [0.717, 1.165) is 12.4 Å². The zero-order valence-corrected chi connectivity index (χ0v) is 9.29. The third kappa shape index (κ3) is 1.23. The maximum atomic E-state index is 12.0. The van der Waals surface area contributed by atoms with Crippen molar-refractivity contribution in [2.45, 2.75) is 0 Å². The van der Waals surface area contributed by atoms with Crippen molar-refractivity contribution in [3.63, 3.8) is 0 Å². The molecule has 0 aliphatic heterocycles. The van der Waals surface area contributed by atoms with Crippen molar-refractivity contribution >= 4 is 22.4 Å². The molecule has 0 spiro atoms. The average Bonchev–Trinajstić information content (AvgIpc) is 3.00. The van der Waals surface area contributed by atoms with E-state index in [2.05, 4.69) is 10.2 Å². The Morgan fingerprint density at radius 2 is 1.20 bits per heavy atom. The quantitative estimate of drug-likeness (QED) is 0.425. The van der Waals surface area contributed by atoms with Gasteiger partial charge in [-0.25, -0.2) is 0 Å². The number of aromatic nitrogens is 4. The van der Waals surface area contributed by atoms with Crippen LogP contribution < -0.4 is 11.1 Å². The highest BCUT2D eigenvalue weighted by molar-refractivity contribution is 5.69. The van der Waals surface area contributed by atoms with Crippen molar-refractivity contribution in [1.82, 2.24) is 19.2 Å². The fourth-order valence-electron chi connectivity index (χ4n) is 1.86. The van der Waals surface area contributed by atoms with Gasteiger partial charge < -0.3 is 0 Å². The largest absolute Gasteiger partial charge is 0.320 e. The van der Waals surface area contributed by atoms with Crippen LogP contribution in [-0.4, -0.2) is 29.1 Å². The molecule has 12 nitrogen and oxygen atoms in total. The molecule has 0 aromatic carbocycles. The molecule has 0 fully saturated rings. The Morgan fingerprint density at radius 3 is 1.50 bits per heavy atom. The Balaban J connectivity index is 2.65. The zero-order chi connectivity index (χ0) is 14.6. The Hall–Kier alpha value is -3.44. The van der Waals surface area contributed by atoms with Crippen LogP contribution in [0, 0.1) is 20.2 Å². The van der Waals surface area contributed by atoms with E-state index in [1.54, 1.807) is 0 Å². The molecule has 0 unspecified atom stereocenters. The lowest BCUT2D eigenvalue weighted by molar-refractivity contribution is -0.383. The maximum absolute atomic E-state index is 12.0. The van der Waals surface area contributed by atoms with Gasteiger partial charge in [0, 0.05) is 0 Å². The summed E-state index contributed by atoms with van der Waals surface area (Å²) in [5.74, 6) is 0. The van der Waals surface area contributed by atoms with Crippen molar-refractivity contribution in [3.8, 4) is 0 Å². The van der Waals surface area contributed by atoms with E-state index >= 15 is 0 Å². The second-order valence-electron chi connectivity index (χ2n) is 3.70. The Kier molecular flexibility index (Phi) is 2.06. The summed E-state index contributed by atoms with van der Waals surface area (Å²) in [6.45, 7) is 0. The van der Waals surface area contributed by atoms with Crippen LogP contribution in [0.1, 0.15) is 0 Å². The Bertz CT molecular complexity index is 920. The smallest absolute Gasteiger partial charge is 0.265 e. The van der Waals surface area contributed by atoms with Crippen molar-refractivity contribution in [3.05, 3.63) is 53.3 Å². The van der Waals surface area contributed by atoms with Gasteiger partial charge in [-0.2, -0.15) is 19.2 Å². The summed E-state index contributed by atoms with van der Waals surface area (Å²) in [5, 5.41) is 28.4. The third-order valence-corrected chi connectivity index (χ3v) is 2.68. The van der Waals surface area contributed by atoms with E-state index in [1.165, 1.54) is 0 Å². The lowest BCUT2D eigenvalue weighted by atomic mass is 10.4. The van der Waals surface area contributed by atoms with Crippen molar-refractivity contribution in [2.75, 3.05) is 0 Å². The molecule has 0 N–H and O–H groups in total. The molecule has 3 rings (SSSR count). The second-order valence-corrected chi connectivity index (χ2v) is 3.70. The Morgan fingerprint density at radius 1 is 0.850 bits per heavy atom. The molecule has 0 atom stereocenters. The molecule has 3 aromatic heterocycles. The predicted molar refractivity (Wildman–Crippen MR) is 61.0 cm³/mol. The van der Waals surface area contributed by atoms with Crippen molar-refractivity contribution in [1.29, 1.82) is 0 Å². The molecule has 0 radical (unpaired) electrons. The lowest BCUT2D eigenvalue weighted by Crippen LogP contribution is -2.27. The predicted octanol–water partition coefficient (Wildman–Crippen LogP) is -1.04. The van der Waals surface area contributed by atoms with Gasteiger partial charge in [-0.05, 0) is 0 Å². The van der Waals surface area contributed by atoms with Crippen LogP contribution in [-0.2, 0) is 0 Å². The van der Waals surface area contributed by atoms with Gasteiger partial charge in [-0.3, -0.25) is 29.8 Å². The molecule has 0 saturated carbocycles. The maximum Gasteiger partial charge on any atom is 0.320 e. The van der Waals surface area contributed by atoms with Crippen LogP contribution in [0.25, 0.3) is 11.0 Å². The van der Waals surface area contributed by atoms with Gasteiger partial charge in [0.1, 0.15) is 12.4 Å². The minimum Gasteiger partial charge on any atom is -0.265 e. The normalized spacial score (nSPS) is 11.2. The van der Waals surface area contributed by atoms with Crippen LogP contribution in [0.15, 0.2) is 22.0 Å². The van der Waals surface area contributed by atoms with Crippen molar-refractivity contribution < 1.29 is 9.85 Å². The summed E-state index contributed by atoms with van der Waals surface area (Å²) < 4.78 is 0.926. The number of nitro groups is 2. The van der Waals surface area contributed by atoms with E-state index in [9.17, 15) is 29.8 Å². The highest BCUT2D eigenvalue weighted by Gasteiger charge is 2.27. The molecular weight excluding hydrogens is 276 g/mol. The number of fused-ring (bicyclic) bond motifs is 2. The summed E-state index contributed by atoms with van der Waals surface area (Å²) >= 11 is 0. The molecular formula is C8H2N6O6. The fourth-order valence-corrected chi connectivity index (χ4v) is 1.86. The molecule has 0 bridgehead atoms. The van der Waals surface area contributed by atoms with E-state index in [0.29, 0.717) is 9.03 Å². The number of hydrogen-bond donors (Lipinski definition) is 0. The first kappa shape index (κ1) is 11.6. The zero-order valence-electron chi connectivity index (χ0n) is 9.29. The van der Waals surface area contributed by atoms with Gasteiger partial charge >= 0.3 is 22.5 Å². The first-order chi connectivity index (χ1) is 9.43. The third-order valence-electron chi connectivity index (χ3n) is 2.68. The summed E-state index contributed by atoms with van der Waals surface area (Å²) in [7, 11) is 0. The number of hydrogen-bond acceptors (Lipinski definition) is 8. The van der Waals surface area contributed by atoms with Gasteiger partial charge in [0.15, 0.2) is 0 Å². The highest BCUT2D eigenvalue weighted by Crippen LogP contribution is 2.18. The molecule has 0 saturated heterocycles. The monoisotopic (exact) mass is 278 g/mol. The molecule has 100 valence electrons. The average molecular weight is 278 g/mol.